The molecule has 1 aromatic heterocycles. The predicted octanol–water partition coefficient (Wildman–Crippen LogP) is 6.10. The Labute approximate surface area is 171 Å². The van der Waals surface area contributed by atoms with Crippen LogP contribution < -0.4 is 10.1 Å². The van der Waals surface area contributed by atoms with Gasteiger partial charge in [0.2, 0.25) is 0 Å². The zero-order chi connectivity index (χ0) is 19.2. The second kappa shape index (κ2) is 9.15. The summed E-state index contributed by atoms with van der Waals surface area (Å²) in [6, 6.07) is 15.8. The van der Waals surface area contributed by atoms with Crippen molar-refractivity contribution in [2.75, 3.05) is 11.9 Å². The monoisotopic (exact) mass is 444 g/mol. The van der Waals surface area contributed by atoms with Gasteiger partial charge in [-0.3, -0.25) is 10.1 Å². The largest absolute Gasteiger partial charge is 0.484 e. The molecule has 1 heterocycles. The van der Waals surface area contributed by atoms with E-state index in [0.717, 1.165) is 22.2 Å². The van der Waals surface area contributed by atoms with Gasteiger partial charge in [0, 0.05) is 15.4 Å². The SMILES string of the molecule is CCC(C)c1ccc(OCC(=O)Nc2nc(-c3ccc(Br)cc3)cs2)cc1. The molecule has 0 saturated carbocycles. The van der Waals surface area contributed by atoms with Crippen molar-refractivity contribution < 1.29 is 9.53 Å². The molecule has 2 aromatic carbocycles. The number of hydrogen-bond acceptors (Lipinski definition) is 4. The molecule has 1 amide bonds. The van der Waals surface area contributed by atoms with Crippen LogP contribution in [-0.2, 0) is 4.79 Å². The van der Waals surface area contributed by atoms with Crippen molar-refractivity contribution in [3.05, 3.63) is 63.9 Å². The Balaban J connectivity index is 1.53. The zero-order valence-corrected chi connectivity index (χ0v) is 17.6. The Morgan fingerprint density at radius 3 is 2.56 bits per heavy atom. The van der Waals surface area contributed by atoms with E-state index in [2.05, 4.69) is 40.1 Å². The zero-order valence-electron chi connectivity index (χ0n) is 15.2. The third-order valence-electron chi connectivity index (χ3n) is 4.32. The first kappa shape index (κ1) is 19.6. The molecular formula is C21H21BrN2O2S. The summed E-state index contributed by atoms with van der Waals surface area (Å²) >= 11 is 4.81. The smallest absolute Gasteiger partial charge is 0.264 e. The second-order valence-corrected chi connectivity index (χ2v) is 8.03. The summed E-state index contributed by atoms with van der Waals surface area (Å²) in [5, 5.41) is 5.27. The fourth-order valence-electron chi connectivity index (χ4n) is 2.52. The van der Waals surface area contributed by atoms with E-state index >= 15 is 0 Å². The molecule has 140 valence electrons. The summed E-state index contributed by atoms with van der Waals surface area (Å²) < 4.78 is 6.59. The van der Waals surface area contributed by atoms with Crippen molar-refractivity contribution in [2.45, 2.75) is 26.2 Å². The van der Waals surface area contributed by atoms with Gasteiger partial charge in [-0.1, -0.05) is 54.0 Å². The van der Waals surface area contributed by atoms with Gasteiger partial charge in [-0.05, 0) is 42.2 Å². The number of hydrogen-bond donors (Lipinski definition) is 1. The Bertz CT molecular complexity index is 891. The van der Waals surface area contributed by atoms with E-state index in [9.17, 15) is 4.79 Å². The molecule has 3 rings (SSSR count). The first-order valence-corrected chi connectivity index (χ1v) is 10.5. The first-order chi connectivity index (χ1) is 13.0. The number of aromatic nitrogens is 1. The van der Waals surface area contributed by atoms with Crippen LogP contribution in [0.5, 0.6) is 5.75 Å². The van der Waals surface area contributed by atoms with Gasteiger partial charge in [-0.15, -0.1) is 11.3 Å². The van der Waals surface area contributed by atoms with Crippen molar-refractivity contribution >= 4 is 38.3 Å². The Kier molecular flexibility index (Phi) is 6.63. The van der Waals surface area contributed by atoms with Crippen LogP contribution in [0.1, 0.15) is 31.7 Å². The van der Waals surface area contributed by atoms with Crippen LogP contribution in [0.25, 0.3) is 11.3 Å². The molecule has 0 bridgehead atoms. The van der Waals surface area contributed by atoms with E-state index in [1.165, 1.54) is 16.9 Å². The number of halogens is 1. The molecule has 1 atom stereocenters. The van der Waals surface area contributed by atoms with Crippen LogP contribution in [0.2, 0.25) is 0 Å². The average Bonchev–Trinajstić information content (AvgIpc) is 3.15. The molecular weight excluding hydrogens is 424 g/mol. The van der Waals surface area contributed by atoms with Gasteiger partial charge in [-0.25, -0.2) is 4.98 Å². The molecule has 0 aliphatic heterocycles. The molecule has 0 radical (unpaired) electrons. The topological polar surface area (TPSA) is 51.2 Å². The van der Waals surface area contributed by atoms with Crippen molar-refractivity contribution in [3.63, 3.8) is 0 Å². The van der Waals surface area contributed by atoms with Crippen molar-refractivity contribution in [2.24, 2.45) is 0 Å². The lowest BCUT2D eigenvalue weighted by Crippen LogP contribution is -2.20. The highest BCUT2D eigenvalue weighted by atomic mass is 79.9. The summed E-state index contributed by atoms with van der Waals surface area (Å²) in [5.41, 5.74) is 3.12. The number of amides is 1. The van der Waals surface area contributed by atoms with Crippen LogP contribution in [0, 0.1) is 0 Å². The van der Waals surface area contributed by atoms with E-state index in [0.29, 0.717) is 16.8 Å². The van der Waals surface area contributed by atoms with Crippen molar-refractivity contribution in [1.82, 2.24) is 4.98 Å². The van der Waals surface area contributed by atoms with E-state index in [1.54, 1.807) is 0 Å². The van der Waals surface area contributed by atoms with Gasteiger partial charge in [-0.2, -0.15) is 0 Å². The van der Waals surface area contributed by atoms with E-state index in [1.807, 2.05) is 53.9 Å². The average molecular weight is 445 g/mol. The highest BCUT2D eigenvalue weighted by Gasteiger charge is 2.09. The molecule has 0 aliphatic rings. The fourth-order valence-corrected chi connectivity index (χ4v) is 3.52. The number of carbonyl (C=O) groups is 1. The molecule has 27 heavy (non-hydrogen) atoms. The van der Waals surface area contributed by atoms with Crippen LogP contribution >= 0.6 is 27.3 Å². The fraction of sp³-hybridized carbons (Fsp3) is 0.238. The maximum Gasteiger partial charge on any atom is 0.264 e. The lowest BCUT2D eigenvalue weighted by atomic mass is 9.99. The minimum absolute atomic E-state index is 0.0458. The first-order valence-electron chi connectivity index (χ1n) is 8.79. The van der Waals surface area contributed by atoms with Crippen molar-refractivity contribution in [3.8, 4) is 17.0 Å². The number of anilines is 1. The predicted molar refractivity (Wildman–Crippen MR) is 115 cm³/mol. The van der Waals surface area contributed by atoms with Gasteiger partial charge in [0.25, 0.3) is 5.91 Å². The summed E-state index contributed by atoms with van der Waals surface area (Å²) in [6.45, 7) is 4.32. The van der Waals surface area contributed by atoms with E-state index in [4.69, 9.17) is 4.74 Å². The number of benzene rings is 2. The number of ether oxygens (including phenoxy) is 1. The van der Waals surface area contributed by atoms with Gasteiger partial charge < -0.3 is 4.74 Å². The normalized spacial score (nSPS) is 11.8. The number of nitrogens with one attached hydrogen (secondary N) is 1. The maximum atomic E-state index is 12.1. The second-order valence-electron chi connectivity index (χ2n) is 6.26. The summed E-state index contributed by atoms with van der Waals surface area (Å²) in [5.74, 6) is 0.983. The molecule has 1 N–H and O–H groups in total. The Hall–Kier alpha value is -2.18. The lowest BCUT2D eigenvalue weighted by Gasteiger charge is -2.10. The molecule has 3 aromatic rings. The number of thiazole rings is 1. The van der Waals surface area contributed by atoms with Gasteiger partial charge in [0.1, 0.15) is 5.75 Å². The molecule has 4 nitrogen and oxygen atoms in total. The molecule has 0 fully saturated rings. The third-order valence-corrected chi connectivity index (χ3v) is 5.61. The van der Waals surface area contributed by atoms with E-state index in [-0.39, 0.29) is 12.5 Å². The minimum Gasteiger partial charge on any atom is -0.484 e. The Morgan fingerprint density at radius 2 is 1.89 bits per heavy atom. The molecule has 0 saturated heterocycles. The molecule has 0 aliphatic carbocycles. The molecule has 1 unspecified atom stereocenters. The van der Waals surface area contributed by atoms with Crippen LogP contribution in [0.15, 0.2) is 58.4 Å². The number of rotatable bonds is 7. The third kappa shape index (κ3) is 5.40. The summed E-state index contributed by atoms with van der Waals surface area (Å²) in [6.07, 6.45) is 1.10. The highest BCUT2D eigenvalue weighted by Crippen LogP contribution is 2.26. The van der Waals surface area contributed by atoms with Crippen molar-refractivity contribution in [1.29, 1.82) is 0 Å². The Morgan fingerprint density at radius 1 is 1.19 bits per heavy atom. The van der Waals surface area contributed by atoms with Gasteiger partial charge in [0.05, 0.1) is 5.69 Å². The van der Waals surface area contributed by atoms with Crippen LogP contribution in [0.3, 0.4) is 0 Å². The molecule has 0 spiro atoms. The van der Waals surface area contributed by atoms with Gasteiger partial charge >= 0.3 is 0 Å². The number of nitrogens with zero attached hydrogens (tertiary/aromatic N) is 1. The summed E-state index contributed by atoms with van der Waals surface area (Å²) in [4.78, 5) is 16.6. The van der Waals surface area contributed by atoms with Gasteiger partial charge in [0.15, 0.2) is 11.7 Å². The van der Waals surface area contributed by atoms with Crippen LogP contribution in [-0.4, -0.2) is 17.5 Å². The quantitative estimate of drug-likeness (QED) is 0.478. The lowest BCUT2D eigenvalue weighted by molar-refractivity contribution is -0.118. The number of carbonyl (C=O) groups excluding carboxylic acids is 1. The van der Waals surface area contributed by atoms with E-state index < -0.39 is 0 Å². The molecule has 6 heteroatoms. The summed E-state index contributed by atoms with van der Waals surface area (Å²) in [7, 11) is 0. The highest BCUT2D eigenvalue weighted by molar-refractivity contribution is 9.10. The maximum absolute atomic E-state index is 12.1. The minimum atomic E-state index is -0.224. The van der Waals surface area contributed by atoms with Crippen LogP contribution in [0.4, 0.5) is 5.13 Å². The standard InChI is InChI=1S/C21H21BrN2O2S/c1-3-14(2)15-6-10-18(11-7-15)26-12-20(25)24-21-23-19(13-27-21)16-4-8-17(22)9-5-16/h4-11,13-14H,3,12H2,1-2H3,(H,23,24,25).